The van der Waals surface area contributed by atoms with Crippen molar-refractivity contribution >= 4 is 23.9 Å². The van der Waals surface area contributed by atoms with Crippen LogP contribution >= 0.6 is 0 Å². The van der Waals surface area contributed by atoms with Gasteiger partial charge in [-0.1, -0.05) is 91.0 Å². The lowest BCUT2D eigenvalue weighted by Gasteiger charge is -2.43. The zero-order valence-corrected chi connectivity index (χ0v) is 28.5. The summed E-state index contributed by atoms with van der Waals surface area (Å²) < 4.78 is 36.6. The monoisotopic (exact) mass is 724 g/mol. The number of nitrogens with zero attached hydrogens (tertiary/aromatic N) is 2. The minimum atomic E-state index is -1.57. The van der Waals surface area contributed by atoms with E-state index >= 15 is 0 Å². The van der Waals surface area contributed by atoms with Crippen LogP contribution in [-0.2, 0) is 23.7 Å². The molecule has 1 aromatic heterocycles. The molecule has 1 aliphatic rings. The molecule has 12 nitrogen and oxygen atoms in total. The van der Waals surface area contributed by atoms with Crippen molar-refractivity contribution in [2.45, 2.75) is 30.5 Å². The lowest BCUT2D eigenvalue weighted by molar-refractivity contribution is -0.236. The molecule has 0 bridgehead atoms. The molecule has 1 saturated heterocycles. The highest BCUT2D eigenvalue weighted by Gasteiger charge is 2.55. The van der Waals surface area contributed by atoms with Crippen LogP contribution in [0.15, 0.2) is 156 Å². The van der Waals surface area contributed by atoms with Crippen molar-refractivity contribution in [1.82, 2.24) is 10.2 Å². The first-order chi connectivity index (χ1) is 26.4. The minimum Gasteiger partial charge on any atom is -0.459 e. The number of aromatic nitrogens is 2. The molecule has 1 aliphatic heterocycles. The van der Waals surface area contributed by atoms with E-state index in [2.05, 4.69) is 10.2 Å². The van der Waals surface area contributed by atoms with Gasteiger partial charge in [-0.05, 0) is 60.7 Å². The lowest BCUT2D eigenvalue weighted by atomic mass is 9.93. The molecule has 5 atom stereocenters. The summed E-state index contributed by atoms with van der Waals surface area (Å²) >= 11 is 0. The van der Waals surface area contributed by atoms with Crippen LogP contribution in [0.4, 0.5) is 0 Å². The van der Waals surface area contributed by atoms with Crippen LogP contribution in [0.5, 0.6) is 0 Å². The summed E-state index contributed by atoms with van der Waals surface area (Å²) in [5.74, 6) is -3.14. The number of hydrogen-bond donors (Lipinski definition) is 0. The molecule has 0 unspecified atom stereocenters. The van der Waals surface area contributed by atoms with Gasteiger partial charge in [0.2, 0.25) is 11.8 Å². The zero-order chi connectivity index (χ0) is 37.3. The second kappa shape index (κ2) is 16.6. The van der Waals surface area contributed by atoms with Crippen molar-refractivity contribution in [1.29, 1.82) is 0 Å². The molecular weight excluding hydrogens is 692 g/mol. The number of rotatable bonds is 11. The zero-order valence-electron chi connectivity index (χ0n) is 28.5. The Morgan fingerprint density at radius 3 is 1.37 bits per heavy atom. The van der Waals surface area contributed by atoms with Crippen molar-refractivity contribution in [3.8, 4) is 11.5 Å². The normalized spacial score (nSPS) is 19.2. The van der Waals surface area contributed by atoms with Gasteiger partial charge in [-0.2, -0.15) is 0 Å². The molecule has 270 valence electrons. The number of carbonyl (C=O) groups is 4. The molecule has 0 radical (unpaired) electrons. The summed E-state index contributed by atoms with van der Waals surface area (Å²) in [7, 11) is 0. The van der Waals surface area contributed by atoms with E-state index in [4.69, 9.17) is 28.1 Å². The molecule has 5 aromatic carbocycles. The maximum Gasteiger partial charge on any atom is 0.338 e. The van der Waals surface area contributed by atoms with Gasteiger partial charge in [0.25, 0.3) is 0 Å². The fraction of sp³-hybridized carbons (Fsp3) is 0.143. The molecular formula is C42H32N2O10. The van der Waals surface area contributed by atoms with Gasteiger partial charge < -0.3 is 28.1 Å². The number of benzene rings is 5. The average molecular weight is 725 g/mol. The van der Waals surface area contributed by atoms with Crippen LogP contribution in [0.1, 0.15) is 53.4 Å². The Bertz CT molecular complexity index is 2180. The van der Waals surface area contributed by atoms with Crippen molar-refractivity contribution in [3.63, 3.8) is 0 Å². The summed E-state index contributed by atoms with van der Waals surface area (Å²) in [6.07, 6.45) is -7.34. The van der Waals surface area contributed by atoms with E-state index in [9.17, 15) is 19.2 Å². The molecule has 54 heavy (non-hydrogen) atoms. The van der Waals surface area contributed by atoms with Crippen LogP contribution in [0, 0.1) is 0 Å². The van der Waals surface area contributed by atoms with Gasteiger partial charge in [-0.25, -0.2) is 19.2 Å². The van der Waals surface area contributed by atoms with E-state index in [1.165, 1.54) is 0 Å². The maximum absolute atomic E-state index is 13.8. The number of hydrogen-bond acceptors (Lipinski definition) is 12. The summed E-state index contributed by atoms with van der Waals surface area (Å²) in [5, 5.41) is 8.44. The van der Waals surface area contributed by atoms with Crippen molar-refractivity contribution in [2.75, 3.05) is 6.61 Å². The Balaban J connectivity index is 1.32. The molecule has 12 heteroatoms. The van der Waals surface area contributed by atoms with Gasteiger partial charge in [0, 0.05) is 5.56 Å². The van der Waals surface area contributed by atoms with Gasteiger partial charge in [-0.3, -0.25) is 0 Å². The third-order valence-electron chi connectivity index (χ3n) is 8.48. The average Bonchev–Trinajstić information content (AvgIpc) is 3.73. The smallest absolute Gasteiger partial charge is 0.338 e. The van der Waals surface area contributed by atoms with Crippen LogP contribution in [0.3, 0.4) is 0 Å². The number of carbonyl (C=O) groups excluding carboxylic acids is 4. The van der Waals surface area contributed by atoms with Crippen molar-refractivity contribution in [2.24, 2.45) is 0 Å². The molecule has 6 aromatic rings. The van der Waals surface area contributed by atoms with E-state index < -0.39 is 61.0 Å². The lowest BCUT2D eigenvalue weighted by Crippen LogP contribution is -2.60. The highest BCUT2D eigenvalue weighted by Crippen LogP contribution is 2.39. The Morgan fingerprint density at radius 1 is 0.481 bits per heavy atom. The summed E-state index contributed by atoms with van der Waals surface area (Å²) in [5.41, 5.74) is 1.37. The molecule has 0 amide bonds. The molecule has 7 rings (SSSR count). The Morgan fingerprint density at radius 2 is 0.889 bits per heavy atom. The first-order valence-corrected chi connectivity index (χ1v) is 17.0. The number of ether oxygens (including phenoxy) is 5. The molecule has 0 aliphatic carbocycles. The summed E-state index contributed by atoms with van der Waals surface area (Å²) in [6.45, 7) is -0.491. The summed E-state index contributed by atoms with van der Waals surface area (Å²) in [4.78, 5) is 54.5. The van der Waals surface area contributed by atoms with E-state index in [-0.39, 0.29) is 34.0 Å². The SMILES string of the molecule is O=C(OC[C@H]1O[C@@H](c2nnc(-c3ccccc3)o2)[C@H](OC(=O)c2ccccc2)[C@@H](OC(=O)c2ccccc2)[C@H]1OC(=O)c1ccccc1)c1ccccc1. The number of esters is 4. The van der Waals surface area contributed by atoms with Crippen LogP contribution in [0.25, 0.3) is 11.5 Å². The second-order valence-corrected chi connectivity index (χ2v) is 12.1. The van der Waals surface area contributed by atoms with Gasteiger partial charge >= 0.3 is 23.9 Å². The van der Waals surface area contributed by atoms with Gasteiger partial charge in [0.1, 0.15) is 12.7 Å². The fourth-order valence-electron chi connectivity index (χ4n) is 5.81. The second-order valence-electron chi connectivity index (χ2n) is 12.1. The van der Waals surface area contributed by atoms with Gasteiger partial charge in [0.05, 0.1) is 22.3 Å². The van der Waals surface area contributed by atoms with Crippen LogP contribution in [0.2, 0.25) is 0 Å². The van der Waals surface area contributed by atoms with Crippen molar-refractivity contribution in [3.05, 3.63) is 180 Å². The maximum atomic E-state index is 13.8. The predicted octanol–water partition coefficient (Wildman–Crippen LogP) is 6.71. The van der Waals surface area contributed by atoms with E-state index in [1.807, 2.05) is 6.07 Å². The van der Waals surface area contributed by atoms with E-state index in [0.717, 1.165) is 0 Å². The Hall–Kier alpha value is -6.92. The minimum absolute atomic E-state index is 0.129. The van der Waals surface area contributed by atoms with Gasteiger partial charge in [0.15, 0.2) is 24.4 Å². The summed E-state index contributed by atoms with van der Waals surface area (Å²) in [6, 6.07) is 41.6. The van der Waals surface area contributed by atoms with Crippen molar-refractivity contribution < 1.29 is 47.3 Å². The van der Waals surface area contributed by atoms with E-state index in [1.54, 1.807) is 146 Å². The van der Waals surface area contributed by atoms with Gasteiger partial charge in [-0.15, -0.1) is 10.2 Å². The topological polar surface area (TPSA) is 153 Å². The Kier molecular flexibility index (Phi) is 10.9. The fourth-order valence-corrected chi connectivity index (χ4v) is 5.81. The molecule has 0 spiro atoms. The predicted molar refractivity (Wildman–Crippen MR) is 191 cm³/mol. The molecule has 0 saturated carbocycles. The highest BCUT2D eigenvalue weighted by atomic mass is 16.7. The van der Waals surface area contributed by atoms with Crippen LogP contribution in [-0.4, -0.2) is 65.1 Å². The quantitative estimate of drug-likeness (QED) is 0.103. The highest BCUT2D eigenvalue weighted by molar-refractivity contribution is 5.91. The third-order valence-corrected chi connectivity index (χ3v) is 8.48. The first-order valence-electron chi connectivity index (χ1n) is 17.0. The van der Waals surface area contributed by atoms with E-state index in [0.29, 0.717) is 5.56 Å². The Labute approximate surface area is 309 Å². The van der Waals surface area contributed by atoms with Crippen LogP contribution < -0.4 is 0 Å². The molecule has 1 fully saturated rings. The first kappa shape index (κ1) is 35.5. The molecule has 2 heterocycles. The largest absolute Gasteiger partial charge is 0.459 e. The molecule has 0 N–H and O–H groups in total. The third kappa shape index (κ3) is 8.24. The standard InChI is InChI=1S/C42H32N2O10/c45-39(28-18-8-2-9-19-28)49-26-32-33(51-40(46)29-20-10-3-11-21-29)34(52-41(47)30-22-12-4-13-23-30)35(53-42(48)31-24-14-5-15-25-31)36(50-32)38-44-43-37(54-38)27-16-6-1-7-17-27/h1-25,32-36H,26H2/t32-,33+,34+,35-,36-/m1/s1.